The highest BCUT2D eigenvalue weighted by atomic mass is 32.2. The Balaban J connectivity index is 1.53. The molecule has 1 aliphatic rings. The van der Waals surface area contributed by atoms with Crippen LogP contribution in [0.5, 0.6) is 0 Å². The molecule has 31 heavy (non-hydrogen) atoms. The van der Waals surface area contributed by atoms with Gasteiger partial charge in [0, 0.05) is 44.1 Å². The van der Waals surface area contributed by atoms with E-state index >= 15 is 0 Å². The summed E-state index contributed by atoms with van der Waals surface area (Å²) in [6, 6.07) is 12.5. The maximum absolute atomic E-state index is 13.0. The summed E-state index contributed by atoms with van der Waals surface area (Å²) in [5.41, 5.74) is 1.41. The molecule has 0 saturated heterocycles. The number of rotatable bonds is 7. The van der Waals surface area contributed by atoms with Gasteiger partial charge in [0.25, 0.3) is 5.56 Å². The summed E-state index contributed by atoms with van der Waals surface area (Å²) in [6.07, 6.45) is 5.63. The van der Waals surface area contributed by atoms with Gasteiger partial charge in [0.1, 0.15) is 4.90 Å². The van der Waals surface area contributed by atoms with Crippen LogP contribution in [-0.4, -0.2) is 52.3 Å². The second kappa shape index (κ2) is 8.78. The maximum Gasteiger partial charge on any atom is 0.276 e. The van der Waals surface area contributed by atoms with Gasteiger partial charge in [-0.3, -0.25) is 9.89 Å². The standard InChI is InChI=1S/C22H26N4O4S/c1-25(19-8-7-17(12-19)15-27)31(29,30)20-9-10-21(23-14-20)26-22(28)18(13-24-26)11-16-5-3-2-4-6-16/h2-6,9-10,13-14,17,19,24,27H,7-8,11-12,15H2,1H3/t17-,19+/m0/s1. The predicted octanol–water partition coefficient (Wildman–Crippen LogP) is 1.93. The van der Waals surface area contributed by atoms with E-state index in [1.165, 1.54) is 27.3 Å². The molecule has 0 bridgehead atoms. The largest absolute Gasteiger partial charge is 0.396 e. The molecule has 1 aromatic carbocycles. The number of H-pyrrole nitrogens is 1. The van der Waals surface area contributed by atoms with Crippen LogP contribution in [-0.2, 0) is 16.4 Å². The Bertz CT molecular complexity index is 1190. The molecule has 0 unspecified atom stereocenters. The zero-order valence-electron chi connectivity index (χ0n) is 17.3. The highest BCUT2D eigenvalue weighted by molar-refractivity contribution is 7.89. The molecule has 9 heteroatoms. The lowest BCUT2D eigenvalue weighted by atomic mass is 10.1. The quantitative estimate of drug-likeness (QED) is 0.581. The fourth-order valence-corrected chi connectivity index (χ4v) is 5.43. The van der Waals surface area contributed by atoms with E-state index in [1.54, 1.807) is 13.2 Å². The maximum atomic E-state index is 13.0. The van der Waals surface area contributed by atoms with Crippen molar-refractivity contribution in [3.8, 4) is 5.82 Å². The van der Waals surface area contributed by atoms with Crippen molar-refractivity contribution in [2.45, 2.75) is 36.6 Å². The SMILES string of the molecule is CN([C@@H]1CC[C@H](CO)C1)S(=O)(=O)c1ccc(-n2[nH]cc(Cc3ccccc3)c2=O)nc1. The van der Waals surface area contributed by atoms with Crippen molar-refractivity contribution < 1.29 is 13.5 Å². The third-order valence-corrected chi connectivity index (χ3v) is 7.89. The second-order valence-corrected chi connectivity index (χ2v) is 9.99. The zero-order chi connectivity index (χ0) is 22.0. The minimum absolute atomic E-state index is 0.0790. The molecule has 1 aliphatic carbocycles. The molecular formula is C22H26N4O4S. The van der Waals surface area contributed by atoms with Gasteiger partial charge in [-0.25, -0.2) is 18.1 Å². The lowest BCUT2D eigenvalue weighted by Crippen LogP contribution is -2.35. The van der Waals surface area contributed by atoms with E-state index < -0.39 is 10.0 Å². The molecule has 0 aliphatic heterocycles. The molecule has 4 rings (SSSR count). The normalized spacial score (nSPS) is 19.2. The predicted molar refractivity (Wildman–Crippen MR) is 117 cm³/mol. The highest BCUT2D eigenvalue weighted by Crippen LogP contribution is 2.31. The number of aliphatic hydroxyl groups is 1. The molecule has 0 amide bonds. The van der Waals surface area contributed by atoms with Crippen LogP contribution in [0.25, 0.3) is 5.82 Å². The van der Waals surface area contributed by atoms with Crippen LogP contribution in [0.4, 0.5) is 0 Å². The number of aromatic amines is 1. The number of benzene rings is 1. The van der Waals surface area contributed by atoms with Gasteiger partial charge in [-0.2, -0.15) is 4.31 Å². The van der Waals surface area contributed by atoms with Gasteiger partial charge >= 0.3 is 0 Å². The van der Waals surface area contributed by atoms with Gasteiger partial charge in [-0.1, -0.05) is 30.3 Å². The number of hydrogen-bond donors (Lipinski definition) is 2. The third-order valence-electron chi connectivity index (χ3n) is 6.00. The Morgan fingerprint density at radius 2 is 1.97 bits per heavy atom. The van der Waals surface area contributed by atoms with Crippen molar-refractivity contribution in [1.82, 2.24) is 19.1 Å². The van der Waals surface area contributed by atoms with Crippen LogP contribution in [0.2, 0.25) is 0 Å². The Morgan fingerprint density at radius 1 is 1.19 bits per heavy atom. The fourth-order valence-electron chi connectivity index (χ4n) is 4.08. The van der Waals surface area contributed by atoms with Gasteiger partial charge in [0.2, 0.25) is 10.0 Å². The van der Waals surface area contributed by atoms with Crippen LogP contribution in [0.3, 0.4) is 0 Å². The van der Waals surface area contributed by atoms with E-state index in [0.717, 1.165) is 18.4 Å². The van der Waals surface area contributed by atoms with Gasteiger partial charge in [0.15, 0.2) is 5.82 Å². The van der Waals surface area contributed by atoms with Crippen LogP contribution < -0.4 is 5.56 Å². The van der Waals surface area contributed by atoms with Gasteiger partial charge in [0.05, 0.1) is 0 Å². The van der Waals surface area contributed by atoms with Crippen molar-refractivity contribution >= 4 is 10.0 Å². The molecule has 2 atom stereocenters. The molecule has 164 valence electrons. The number of aromatic nitrogens is 3. The van der Waals surface area contributed by atoms with Crippen molar-refractivity contribution in [2.24, 2.45) is 5.92 Å². The zero-order valence-corrected chi connectivity index (χ0v) is 18.1. The number of aliphatic hydroxyl groups excluding tert-OH is 1. The average molecular weight is 443 g/mol. The summed E-state index contributed by atoms with van der Waals surface area (Å²) in [6.45, 7) is 0.0812. The van der Waals surface area contributed by atoms with Crippen molar-refractivity contribution in [3.05, 3.63) is 76.3 Å². The van der Waals surface area contributed by atoms with Crippen molar-refractivity contribution in [2.75, 3.05) is 13.7 Å². The molecule has 1 saturated carbocycles. The van der Waals surface area contributed by atoms with Gasteiger partial charge in [-0.05, 0) is 42.9 Å². The molecule has 3 aromatic rings. The van der Waals surface area contributed by atoms with Crippen LogP contribution in [0, 0.1) is 5.92 Å². The first kappa shape index (κ1) is 21.5. The summed E-state index contributed by atoms with van der Waals surface area (Å²) in [4.78, 5) is 17.0. The molecule has 0 spiro atoms. The van der Waals surface area contributed by atoms with Gasteiger partial charge in [-0.15, -0.1) is 0 Å². The molecule has 1 fully saturated rings. The van der Waals surface area contributed by atoms with Crippen molar-refractivity contribution in [1.29, 1.82) is 0 Å². The monoisotopic (exact) mass is 442 g/mol. The Labute approximate surface area is 181 Å². The summed E-state index contributed by atoms with van der Waals surface area (Å²) in [5.74, 6) is 0.472. The first-order valence-electron chi connectivity index (χ1n) is 10.3. The number of hydrogen-bond acceptors (Lipinski definition) is 5. The van der Waals surface area contributed by atoms with E-state index in [-0.39, 0.29) is 29.0 Å². The van der Waals surface area contributed by atoms with E-state index in [2.05, 4.69) is 10.1 Å². The topological polar surface area (TPSA) is 108 Å². The Kier molecular flexibility index (Phi) is 6.08. The molecule has 2 aromatic heterocycles. The number of sulfonamides is 1. The number of pyridine rings is 1. The summed E-state index contributed by atoms with van der Waals surface area (Å²) in [5, 5.41) is 12.2. The first-order chi connectivity index (χ1) is 14.9. The molecular weight excluding hydrogens is 416 g/mol. The van der Waals surface area contributed by atoms with E-state index in [0.29, 0.717) is 24.2 Å². The fraction of sp³-hybridized carbons (Fsp3) is 0.364. The smallest absolute Gasteiger partial charge is 0.276 e. The summed E-state index contributed by atoms with van der Waals surface area (Å²) in [7, 11) is -2.14. The number of nitrogens with zero attached hydrogens (tertiary/aromatic N) is 3. The first-order valence-corrected chi connectivity index (χ1v) is 11.7. The summed E-state index contributed by atoms with van der Waals surface area (Å²) >= 11 is 0. The summed E-state index contributed by atoms with van der Waals surface area (Å²) < 4.78 is 28.6. The van der Waals surface area contributed by atoms with Crippen LogP contribution in [0.1, 0.15) is 30.4 Å². The van der Waals surface area contributed by atoms with Gasteiger partial charge < -0.3 is 5.11 Å². The van der Waals surface area contributed by atoms with Crippen molar-refractivity contribution in [3.63, 3.8) is 0 Å². The van der Waals surface area contributed by atoms with Crippen LogP contribution in [0.15, 0.2) is 64.5 Å². The average Bonchev–Trinajstić information content (AvgIpc) is 3.41. The second-order valence-electron chi connectivity index (χ2n) is 7.99. The lowest BCUT2D eigenvalue weighted by molar-refractivity contribution is 0.223. The van der Waals surface area contributed by atoms with Crippen LogP contribution >= 0.6 is 0 Å². The molecule has 8 nitrogen and oxygen atoms in total. The minimum Gasteiger partial charge on any atom is -0.396 e. The Morgan fingerprint density at radius 3 is 2.61 bits per heavy atom. The number of nitrogens with one attached hydrogen (secondary N) is 1. The molecule has 2 heterocycles. The molecule has 0 radical (unpaired) electrons. The Hall–Kier alpha value is -2.75. The third kappa shape index (κ3) is 4.34. The highest BCUT2D eigenvalue weighted by Gasteiger charge is 2.34. The molecule has 2 N–H and O–H groups in total. The van der Waals surface area contributed by atoms with E-state index in [9.17, 15) is 18.3 Å². The lowest BCUT2D eigenvalue weighted by Gasteiger charge is -2.24. The minimum atomic E-state index is -3.71. The van der Waals surface area contributed by atoms with E-state index in [4.69, 9.17) is 0 Å². The van der Waals surface area contributed by atoms with E-state index in [1.807, 2.05) is 30.3 Å².